The number of piperidine rings is 1. The Morgan fingerprint density at radius 2 is 1.84 bits per heavy atom. The number of aliphatic hydroxyl groups is 1. The predicted molar refractivity (Wildman–Crippen MR) is 78.8 cm³/mol. The van der Waals surface area contributed by atoms with E-state index in [9.17, 15) is 0 Å². The summed E-state index contributed by atoms with van der Waals surface area (Å²) >= 11 is 0. The van der Waals surface area contributed by atoms with Crippen molar-refractivity contribution < 1.29 is 9.84 Å². The zero-order chi connectivity index (χ0) is 13.7. The number of ether oxygens (including phenoxy) is 1. The van der Waals surface area contributed by atoms with Crippen LogP contribution in [0.5, 0.6) is 5.75 Å². The summed E-state index contributed by atoms with van der Waals surface area (Å²) in [5.74, 6) is 1.64. The van der Waals surface area contributed by atoms with Crippen molar-refractivity contribution in [3.63, 3.8) is 0 Å². The maximum atomic E-state index is 8.98. The molecule has 1 fully saturated rings. The van der Waals surface area contributed by atoms with E-state index in [1.807, 2.05) is 13.8 Å². The van der Waals surface area contributed by atoms with Gasteiger partial charge in [0, 0.05) is 25.4 Å². The Labute approximate surface area is 116 Å². The molecule has 1 aliphatic heterocycles. The molecule has 0 bridgehead atoms. The van der Waals surface area contributed by atoms with Gasteiger partial charge in [0.1, 0.15) is 5.75 Å². The smallest absolute Gasteiger partial charge is 0.119 e. The summed E-state index contributed by atoms with van der Waals surface area (Å²) in [4.78, 5) is 2.42. The van der Waals surface area contributed by atoms with Crippen LogP contribution in [-0.4, -0.2) is 30.9 Å². The molecule has 1 heterocycles. The average molecular weight is 263 g/mol. The molecule has 19 heavy (non-hydrogen) atoms. The van der Waals surface area contributed by atoms with Crippen molar-refractivity contribution in [1.29, 1.82) is 0 Å². The number of anilines is 1. The molecule has 0 unspecified atom stereocenters. The van der Waals surface area contributed by atoms with Crippen molar-refractivity contribution >= 4 is 5.69 Å². The summed E-state index contributed by atoms with van der Waals surface area (Å²) < 4.78 is 5.66. The van der Waals surface area contributed by atoms with E-state index in [1.54, 1.807) is 0 Å². The monoisotopic (exact) mass is 263 g/mol. The third kappa shape index (κ3) is 4.13. The molecule has 0 spiro atoms. The van der Waals surface area contributed by atoms with Crippen molar-refractivity contribution in [1.82, 2.24) is 0 Å². The number of hydrogen-bond donors (Lipinski definition) is 1. The van der Waals surface area contributed by atoms with E-state index in [0.717, 1.165) is 25.3 Å². The lowest BCUT2D eigenvalue weighted by Crippen LogP contribution is -2.33. The summed E-state index contributed by atoms with van der Waals surface area (Å²) in [7, 11) is 0. The summed E-state index contributed by atoms with van der Waals surface area (Å²) in [5.41, 5.74) is 1.28. The number of rotatable bonds is 5. The normalized spacial score (nSPS) is 16.9. The van der Waals surface area contributed by atoms with Gasteiger partial charge in [-0.1, -0.05) is 0 Å². The van der Waals surface area contributed by atoms with E-state index in [4.69, 9.17) is 9.84 Å². The van der Waals surface area contributed by atoms with Crippen LogP contribution in [0.4, 0.5) is 5.69 Å². The van der Waals surface area contributed by atoms with Gasteiger partial charge in [-0.3, -0.25) is 0 Å². The van der Waals surface area contributed by atoms with E-state index in [1.165, 1.54) is 18.5 Å². The summed E-state index contributed by atoms with van der Waals surface area (Å²) in [6.45, 7) is 6.59. The van der Waals surface area contributed by atoms with Crippen molar-refractivity contribution in [2.45, 2.75) is 39.2 Å². The highest BCUT2D eigenvalue weighted by Gasteiger charge is 2.18. The van der Waals surface area contributed by atoms with Gasteiger partial charge < -0.3 is 14.7 Å². The minimum atomic E-state index is 0.222. The van der Waals surface area contributed by atoms with Crippen molar-refractivity contribution in [2.75, 3.05) is 24.6 Å². The van der Waals surface area contributed by atoms with E-state index in [2.05, 4.69) is 29.2 Å². The molecule has 1 aromatic carbocycles. The molecule has 2 rings (SSSR count). The third-order valence-corrected chi connectivity index (χ3v) is 3.73. The van der Waals surface area contributed by atoms with Gasteiger partial charge in [0.25, 0.3) is 0 Å². The first-order valence-electron chi connectivity index (χ1n) is 7.31. The lowest BCUT2D eigenvalue weighted by Gasteiger charge is -2.33. The Morgan fingerprint density at radius 1 is 1.21 bits per heavy atom. The Balaban J connectivity index is 1.89. The lowest BCUT2D eigenvalue weighted by atomic mass is 9.93. The minimum Gasteiger partial charge on any atom is -0.491 e. The molecule has 0 aromatic heterocycles. The van der Waals surface area contributed by atoms with Crippen LogP contribution in [0.25, 0.3) is 0 Å². The Hall–Kier alpha value is -1.22. The van der Waals surface area contributed by atoms with Crippen LogP contribution < -0.4 is 9.64 Å². The zero-order valence-corrected chi connectivity index (χ0v) is 12.0. The molecule has 0 radical (unpaired) electrons. The molecule has 0 aliphatic carbocycles. The molecule has 106 valence electrons. The van der Waals surface area contributed by atoms with Crippen LogP contribution in [0.3, 0.4) is 0 Å². The fourth-order valence-electron chi connectivity index (χ4n) is 2.67. The van der Waals surface area contributed by atoms with E-state index in [0.29, 0.717) is 12.5 Å². The SMILES string of the molecule is CC(C)Oc1ccc(N2CCC(CCO)CC2)cc1. The van der Waals surface area contributed by atoms with Gasteiger partial charge in [0.15, 0.2) is 0 Å². The van der Waals surface area contributed by atoms with Gasteiger partial charge in [-0.25, -0.2) is 0 Å². The molecule has 3 nitrogen and oxygen atoms in total. The van der Waals surface area contributed by atoms with Gasteiger partial charge in [-0.05, 0) is 63.3 Å². The van der Waals surface area contributed by atoms with Crippen LogP contribution in [0.15, 0.2) is 24.3 Å². The molecule has 0 amide bonds. The number of nitrogens with zero attached hydrogens (tertiary/aromatic N) is 1. The first kappa shape index (κ1) is 14.2. The second kappa shape index (κ2) is 6.80. The summed E-state index contributed by atoms with van der Waals surface area (Å²) in [6, 6.07) is 8.39. The van der Waals surface area contributed by atoms with Gasteiger partial charge in [0.2, 0.25) is 0 Å². The second-order valence-electron chi connectivity index (χ2n) is 5.60. The summed E-state index contributed by atoms with van der Waals surface area (Å²) in [5, 5.41) is 8.98. The molecule has 1 aromatic rings. The Morgan fingerprint density at radius 3 is 2.37 bits per heavy atom. The highest BCUT2D eigenvalue weighted by Crippen LogP contribution is 2.26. The van der Waals surface area contributed by atoms with Crippen molar-refractivity contribution in [3.05, 3.63) is 24.3 Å². The Kier molecular flexibility index (Phi) is 5.08. The minimum absolute atomic E-state index is 0.222. The van der Waals surface area contributed by atoms with Crippen LogP contribution >= 0.6 is 0 Å². The molecule has 0 saturated carbocycles. The van der Waals surface area contributed by atoms with Crippen LogP contribution in [0.1, 0.15) is 33.1 Å². The number of benzene rings is 1. The molecular weight excluding hydrogens is 238 g/mol. The lowest BCUT2D eigenvalue weighted by molar-refractivity contribution is 0.240. The summed E-state index contributed by atoms with van der Waals surface area (Å²) in [6.07, 6.45) is 3.55. The third-order valence-electron chi connectivity index (χ3n) is 3.73. The van der Waals surface area contributed by atoms with Gasteiger partial charge in [-0.2, -0.15) is 0 Å². The fourth-order valence-corrected chi connectivity index (χ4v) is 2.67. The molecular formula is C16H25NO2. The first-order valence-corrected chi connectivity index (χ1v) is 7.31. The quantitative estimate of drug-likeness (QED) is 0.886. The van der Waals surface area contributed by atoms with E-state index >= 15 is 0 Å². The average Bonchev–Trinajstić information content (AvgIpc) is 2.40. The van der Waals surface area contributed by atoms with E-state index < -0.39 is 0 Å². The standard InChI is InChI=1S/C16H25NO2/c1-13(2)19-16-5-3-15(4-6-16)17-10-7-14(8-11-17)9-12-18/h3-6,13-14,18H,7-12H2,1-2H3. The maximum absolute atomic E-state index is 8.98. The van der Waals surface area contributed by atoms with Gasteiger partial charge >= 0.3 is 0 Å². The van der Waals surface area contributed by atoms with Gasteiger partial charge in [-0.15, -0.1) is 0 Å². The van der Waals surface area contributed by atoms with E-state index in [-0.39, 0.29) is 6.10 Å². The van der Waals surface area contributed by atoms with Crippen molar-refractivity contribution in [2.24, 2.45) is 5.92 Å². The molecule has 1 N–H and O–H groups in total. The van der Waals surface area contributed by atoms with Crippen LogP contribution in [-0.2, 0) is 0 Å². The van der Waals surface area contributed by atoms with Crippen LogP contribution in [0, 0.1) is 5.92 Å². The number of hydrogen-bond acceptors (Lipinski definition) is 3. The number of aliphatic hydroxyl groups excluding tert-OH is 1. The first-order chi connectivity index (χ1) is 9.19. The maximum Gasteiger partial charge on any atom is 0.119 e. The Bertz CT molecular complexity index is 367. The highest BCUT2D eigenvalue weighted by atomic mass is 16.5. The zero-order valence-electron chi connectivity index (χ0n) is 12.0. The second-order valence-corrected chi connectivity index (χ2v) is 5.60. The van der Waals surface area contributed by atoms with Crippen molar-refractivity contribution in [3.8, 4) is 5.75 Å². The molecule has 0 atom stereocenters. The topological polar surface area (TPSA) is 32.7 Å². The molecule has 1 aliphatic rings. The van der Waals surface area contributed by atoms with Crippen LogP contribution in [0.2, 0.25) is 0 Å². The fraction of sp³-hybridized carbons (Fsp3) is 0.625. The van der Waals surface area contributed by atoms with Gasteiger partial charge in [0.05, 0.1) is 6.10 Å². The highest BCUT2D eigenvalue weighted by molar-refractivity contribution is 5.49. The predicted octanol–water partition coefficient (Wildman–Crippen LogP) is 3.07. The molecule has 1 saturated heterocycles. The largest absolute Gasteiger partial charge is 0.491 e. The molecule has 3 heteroatoms.